The van der Waals surface area contributed by atoms with E-state index in [1.165, 1.54) is 0 Å². The number of aryl methyl sites for hydroxylation is 2. The third-order valence-electron chi connectivity index (χ3n) is 6.76. The van der Waals surface area contributed by atoms with Crippen LogP contribution in [0.1, 0.15) is 43.1 Å². The van der Waals surface area contributed by atoms with Crippen LogP contribution in [0.25, 0.3) is 0 Å². The molecule has 0 saturated carbocycles. The summed E-state index contributed by atoms with van der Waals surface area (Å²) in [5.41, 5.74) is 3.98. The summed E-state index contributed by atoms with van der Waals surface area (Å²) in [5, 5.41) is 4.22. The molecule has 1 aliphatic rings. The molecule has 190 valence electrons. The number of hydrogen-bond donors (Lipinski definition) is 0. The summed E-state index contributed by atoms with van der Waals surface area (Å²) >= 11 is 0. The minimum atomic E-state index is 0.0184. The first-order valence-corrected chi connectivity index (χ1v) is 12.7. The van der Waals surface area contributed by atoms with E-state index in [-0.39, 0.29) is 11.8 Å². The van der Waals surface area contributed by atoms with Crippen molar-refractivity contribution in [2.45, 2.75) is 45.7 Å². The van der Waals surface area contributed by atoms with Gasteiger partial charge in [-0.2, -0.15) is 5.10 Å². The molecule has 0 spiro atoms. The van der Waals surface area contributed by atoms with Gasteiger partial charge in [-0.1, -0.05) is 24.3 Å². The second-order valence-corrected chi connectivity index (χ2v) is 9.37. The molecular weight excluding hydrogens is 452 g/mol. The van der Waals surface area contributed by atoms with E-state index in [2.05, 4.69) is 15.0 Å². The van der Waals surface area contributed by atoms with Gasteiger partial charge in [-0.25, -0.2) is 0 Å². The van der Waals surface area contributed by atoms with E-state index < -0.39 is 0 Å². The number of aromatic nitrogens is 3. The van der Waals surface area contributed by atoms with Crippen molar-refractivity contribution in [3.8, 4) is 0 Å². The first kappa shape index (κ1) is 25.6. The predicted octanol–water partition coefficient (Wildman–Crippen LogP) is 3.43. The highest BCUT2D eigenvalue weighted by atomic mass is 16.2. The number of carbonyl (C=O) groups excluding carboxylic acids is 2. The maximum atomic E-state index is 13.4. The lowest BCUT2D eigenvalue weighted by atomic mass is 10.1. The Bertz CT molecular complexity index is 1150. The molecule has 0 fully saturated rings. The number of carbonyl (C=O) groups is 2. The van der Waals surface area contributed by atoms with Crippen molar-refractivity contribution in [3.05, 3.63) is 77.9 Å². The molecule has 0 unspecified atom stereocenters. The standard InChI is InChI=1S/C28H36N6O2/c1-23(35)34-20-8-18-32(22-25-10-5-6-15-29-25)17-7-19-33(21-24-9-3-4-11-27(24)34)28(36)13-12-26-14-16-30-31(26)2/h3-6,9-11,14-16H,7-8,12-13,17-22H2,1-2H3. The first-order chi connectivity index (χ1) is 17.5. The Morgan fingerprint density at radius 1 is 0.917 bits per heavy atom. The van der Waals surface area contributed by atoms with Gasteiger partial charge < -0.3 is 9.80 Å². The van der Waals surface area contributed by atoms with Crippen LogP contribution in [0, 0.1) is 0 Å². The molecule has 3 heterocycles. The van der Waals surface area contributed by atoms with E-state index in [0.29, 0.717) is 32.5 Å². The lowest BCUT2D eigenvalue weighted by Crippen LogP contribution is -2.38. The topological polar surface area (TPSA) is 74.6 Å². The molecule has 0 aliphatic carbocycles. The van der Waals surface area contributed by atoms with Gasteiger partial charge in [0.1, 0.15) is 0 Å². The van der Waals surface area contributed by atoms with Gasteiger partial charge in [-0.3, -0.25) is 24.2 Å². The van der Waals surface area contributed by atoms with Crippen LogP contribution in [-0.2, 0) is 36.1 Å². The minimum Gasteiger partial charge on any atom is -0.338 e. The Labute approximate surface area is 213 Å². The van der Waals surface area contributed by atoms with Crippen molar-refractivity contribution < 1.29 is 9.59 Å². The number of rotatable bonds is 5. The van der Waals surface area contributed by atoms with Crippen molar-refractivity contribution in [1.29, 1.82) is 0 Å². The van der Waals surface area contributed by atoms with Gasteiger partial charge in [0.2, 0.25) is 11.8 Å². The molecular formula is C28H36N6O2. The summed E-state index contributed by atoms with van der Waals surface area (Å²) < 4.78 is 1.82. The van der Waals surface area contributed by atoms with Gasteiger partial charge in [0.25, 0.3) is 0 Å². The van der Waals surface area contributed by atoms with E-state index in [1.807, 2.05) is 76.3 Å². The highest BCUT2D eigenvalue weighted by Crippen LogP contribution is 2.24. The van der Waals surface area contributed by atoms with Crippen LogP contribution in [0.4, 0.5) is 5.69 Å². The maximum absolute atomic E-state index is 13.4. The lowest BCUT2D eigenvalue weighted by molar-refractivity contribution is -0.132. The Morgan fingerprint density at radius 2 is 1.69 bits per heavy atom. The Balaban J connectivity index is 1.55. The summed E-state index contributed by atoms with van der Waals surface area (Å²) in [4.78, 5) is 36.7. The van der Waals surface area contributed by atoms with E-state index >= 15 is 0 Å². The number of para-hydroxylation sites is 1. The fourth-order valence-electron chi connectivity index (χ4n) is 4.82. The zero-order valence-electron chi connectivity index (χ0n) is 21.3. The highest BCUT2D eigenvalue weighted by molar-refractivity contribution is 5.92. The molecule has 0 saturated heterocycles. The number of benzene rings is 1. The summed E-state index contributed by atoms with van der Waals surface area (Å²) in [7, 11) is 1.90. The number of amides is 2. The van der Waals surface area contributed by atoms with Gasteiger partial charge in [0, 0.05) is 83.4 Å². The second kappa shape index (κ2) is 12.4. The number of nitrogens with zero attached hydrogens (tertiary/aromatic N) is 6. The molecule has 2 aromatic heterocycles. The van der Waals surface area contributed by atoms with E-state index in [1.54, 1.807) is 13.1 Å². The Kier molecular flexibility index (Phi) is 8.84. The average molecular weight is 489 g/mol. The van der Waals surface area contributed by atoms with Crippen LogP contribution >= 0.6 is 0 Å². The SMILES string of the molecule is CC(=O)N1CCCN(Cc2ccccn2)CCCN(C(=O)CCc2ccnn2C)Cc2ccccc21. The normalized spacial score (nSPS) is 15.6. The van der Waals surface area contributed by atoms with Crippen molar-refractivity contribution in [1.82, 2.24) is 24.6 Å². The maximum Gasteiger partial charge on any atom is 0.223 e. The smallest absolute Gasteiger partial charge is 0.223 e. The highest BCUT2D eigenvalue weighted by Gasteiger charge is 2.21. The van der Waals surface area contributed by atoms with E-state index in [0.717, 1.165) is 55.1 Å². The van der Waals surface area contributed by atoms with Gasteiger partial charge >= 0.3 is 0 Å². The third-order valence-corrected chi connectivity index (χ3v) is 6.76. The fourth-order valence-corrected chi connectivity index (χ4v) is 4.82. The Hall–Kier alpha value is -3.52. The molecule has 8 heteroatoms. The molecule has 1 aliphatic heterocycles. The average Bonchev–Trinajstić information content (AvgIpc) is 3.29. The zero-order chi connectivity index (χ0) is 25.3. The third kappa shape index (κ3) is 6.79. The summed E-state index contributed by atoms with van der Waals surface area (Å²) in [6, 6.07) is 15.9. The molecule has 0 atom stereocenters. The molecule has 2 amide bonds. The van der Waals surface area contributed by atoms with Crippen LogP contribution in [0.2, 0.25) is 0 Å². The minimum absolute atomic E-state index is 0.0184. The summed E-state index contributed by atoms with van der Waals surface area (Å²) in [6.45, 7) is 5.89. The largest absolute Gasteiger partial charge is 0.338 e. The molecule has 8 nitrogen and oxygen atoms in total. The quantitative estimate of drug-likeness (QED) is 0.550. The monoisotopic (exact) mass is 488 g/mol. The number of hydrogen-bond acceptors (Lipinski definition) is 5. The predicted molar refractivity (Wildman–Crippen MR) is 140 cm³/mol. The van der Waals surface area contributed by atoms with Crippen molar-refractivity contribution in [3.63, 3.8) is 0 Å². The second-order valence-electron chi connectivity index (χ2n) is 9.37. The van der Waals surface area contributed by atoms with E-state index in [9.17, 15) is 9.59 Å². The van der Waals surface area contributed by atoms with Gasteiger partial charge in [0.05, 0.1) is 5.69 Å². The zero-order valence-corrected chi connectivity index (χ0v) is 21.3. The molecule has 1 aromatic carbocycles. The van der Waals surface area contributed by atoms with Gasteiger partial charge in [-0.15, -0.1) is 0 Å². The molecule has 4 rings (SSSR count). The van der Waals surface area contributed by atoms with Crippen LogP contribution in [0.5, 0.6) is 0 Å². The number of anilines is 1. The van der Waals surface area contributed by atoms with Gasteiger partial charge in [-0.05, 0) is 49.1 Å². The van der Waals surface area contributed by atoms with E-state index in [4.69, 9.17) is 0 Å². The van der Waals surface area contributed by atoms with Crippen molar-refractivity contribution >= 4 is 17.5 Å². The molecule has 0 bridgehead atoms. The number of pyridine rings is 1. The molecule has 36 heavy (non-hydrogen) atoms. The van der Waals surface area contributed by atoms with Crippen molar-refractivity contribution in [2.75, 3.05) is 31.1 Å². The fraction of sp³-hybridized carbons (Fsp3) is 0.429. The summed E-state index contributed by atoms with van der Waals surface area (Å²) in [6.07, 6.45) is 6.41. The van der Waals surface area contributed by atoms with Crippen LogP contribution < -0.4 is 4.90 Å². The molecule has 0 radical (unpaired) electrons. The first-order valence-electron chi connectivity index (χ1n) is 12.7. The van der Waals surface area contributed by atoms with Crippen molar-refractivity contribution in [2.24, 2.45) is 7.05 Å². The number of fused-ring (bicyclic) bond motifs is 1. The van der Waals surface area contributed by atoms with Crippen LogP contribution in [0.3, 0.4) is 0 Å². The lowest BCUT2D eigenvalue weighted by Gasteiger charge is -2.31. The van der Waals surface area contributed by atoms with Crippen LogP contribution in [0.15, 0.2) is 60.9 Å². The molecule has 0 N–H and O–H groups in total. The molecule has 3 aromatic rings. The van der Waals surface area contributed by atoms with Crippen LogP contribution in [-0.4, -0.2) is 62.6 Å². The summed E-state index contributed by atoms with van der Waals surface area (Å²) in [5.74, 6) is 0.138. The Morgan fingerprint density at radius 3 is 2.42 bits per heavy atom. The van der Waals surface area contributed by atoms with Gasteiger partial charge in [0.15, 0.2) is 0 Å².